The lowest BCUT2D eigenvalue weighted by Gasteiger charge is -2.32. The van der Waals surface area contributed by atoms with E-state index in [-0.39, 0.29) is 0 Å². The van der Waals surface area contributed by atoms with Crippen LogP contribution in [0.25, 0.3) is 0 Å². The molecular weight excluding hydrogens is 480 g/mol. The summed E-state index contributed by atoms with van der Waals surface area (Å²) in [5.74, 6) is 0. The van der Waals surface area contributed by atoms with Crippen molar-refractivity contribution < 1.29 is 0 Å². The average molecular weight is 549 g/mol. The van der Waals surface area contributed by atoms with Gasteiger partial charge in [-0.1, -0.05) is 102 Å². The van der Waals surface area contributed by atoms with E-state index in [0.29, 0.717) is 0 Å². The Hall–Kier alpha value is -1.56. The van der Waals surface area contributed by atoms with Gasteiger partial charge in [-0.25, -0.2) is 0 Å². The summed E-state index contributed by atoms with van der Waals surface area (Å²) in [5.41, 5.74) is 9.84. The van der Waals surface area contributed by atoms with Crippen molar-refractivity contribution in [3.63, 3.8) is 0 Å². The number of rotatable bonds is 15. The molecular formula is C40H68. The van der Waals surface area contributed by atoms with Gasteiger partial charge in [-0.05, 0) is 151 Å². The standard InChI is InChI=1S/C30H50.C10H18/c1-25(2)15-11-19-29(7)23-13-21-27(5)17-9-10-18-28(6)22-14-24-30(8)20-12-16-26(3)4;1-2-6-10(7-3-1)8-4-5-9-10/h15-18,23-24H,9-14,19-22H2,1-8H3;1-9H2/b27-17+,28-18+,29-23+,30-24+;. The summed E-state index contributed by atoms with van der Waals surface area (Å²) in [6, 6.07) is 0. The van der Waals surface area contributed by atoms with Crippen molar-refractivity contribution in [2.24, 2.45) is 5.41 Å². The Balaban J connectivity index is 0.000000653. The molecule has 0 heteroatoms. The van der Waals surface area contributed by atoms with E-state index in [2.05, 4.69) is 91.8 Å². The van der Waals surface area contributed by atoms with Gasteiger partial charge in [0.05, 0.1) is 0 Å². The summed E-state index contributed by atoms with van der Waals surface area (Å²) < 4.78 is 0. The summed E-state index contributed by atoms with van der Waals surface area (Å²) in [5, 5.41) is 0. The number of hydrogen-bond donors (Lipinski definition) is 0. The second-order valence-electron chi connectivity index (χ2n) is 13.8. The Morgan fingerprint density at radius 2 is 0.650 bits per heavy atom. The van der Waals surface area contributed by atoms with Gasteiger partial charge in [-0.3, -0.25) is 0 Å². The van der Waals surface area contributed by atoms with Crippen LogP contribution < -0.4 is 0 Å². The van der Waals surface area contributed by atoms with Crippen LogP contribution in [0.3, 0.4) is 0 Å². The zero-order chi connectivity index (χ0) is 29.6. The van der Waals surface area contributed by atoms with Gasteiger partial charge in [-0.15, -0.1) is 0 Å². The lowest BCUT2D eigenvalue weighted by atomic mass is 9.73. The van der Waals surface area contributed by atoms with Crippen LogP contribution >= 0.6 is 0 Å². The van der Waals surface area contributed by atoms with Gasteiger partial charge in [0.1, 0.15) is 0 Å². The van der Waals surface area contributed by atoms with Crippen LogP contribution in [0.15, 0.2) is 69.9 Å². The molecule has 0 aromatic heterocycles. The lowest BCUT2D eigenvalue weighted by Crippen LogP contribution is -2.19. The minimum atomic E-state index is 0.873. The largest absolute Gasteiger partial charge is 0.0856 e. The van der Waals surface area contributed by atoms with Crippen molar-refractivity contribution in [3.8, 4) is 0 Å². The highest BCUT2D eigenvalue weighted by atomic mass is 14.4. The van der Waals surface area contributed by atoms with Gasteiger partial charge >= 0.3 is 0 Å². The molecule has 0 nitrogen and oxygen atoms in total. The van der Waals surface area contributed by atoms with Crippen LogP contribution in [0.2, 0.25) is 0 Å². The van der Waals surface area contributed by atoms with Crippen molar-refractivity contribution in [3.05, 3.63) is 69.9 Å². The van der Waals surface area contributed by atoms with E-state index in [1.807, 2.05) is 0 Å². The second kappa shape index (κ2) is 22.1. The van der Waals surface area contributed by atoms with Gasteiger partial charge in [-0.2, -0.15) is 0 Å². The monoisotopic (exact) mass is 549 g/mol. The molecule has 0 aliphatic heterocycles. The zero-order valence-electron chi connectivity index (χ0n) is 28.4. The van der Waals surface area contributed by atoms with Gasteiger partial charge in [0.15, 0.2) is 0 Å². The molecule has 0 unspecified atom stereocenters. The first kappa shape index (κ1) is 36.5. The zero-order valence-corrected chi connectivity index (χ0v) is 28.4. The summed E-state index contributed by atoms with van der Waals surface area (Å²) in [6.45, 7) is 17.8. The Labute approximate surface area is 252 Å². The molecule has 0 saturated heterocycles. The van der Waals surface area contributed by atoms with Crippen molar-refractivity contribution in [1.82, 2.24) is 0 Å². The molecule has 40 heavy (non-hydrogen) atoms. The minimum absolute atomic E-state index is 0.873. The third-order valence-corrected chi connectivity index (χ3v) is 8.98. The van der Waals surface area contributed by atoms with E-state index in [1.165, 1.54) is 130 Å². The summed E-state index contributed by atoms with van der Waals surface area (Å²) in [7, 11) is 0. The Morgan fingerprint density at radius 1 is 0.375 bits per heavy atom. The maximum absolute atomic E-state index is 2.43. The predicted molar refractivity (Wildman–Crippen MR) is 184 cm³/mol. The first-order chi connectivity index (χ1) is 19.1. The third-order valence-electron chi connectivity index (χ3n) is 8.98. The van der Waals surface area contributed by atoms with Crippen molar-refractivity contribution in [2.75, 3.05) is 0 Å². The molecule has 0 radical (unpaired) electrons. The summed E-state index contributed by atoms with van der Waals surface area (Å²) in [6.07, 6.45) is 40.1. The summed E-state index contributed by atoms with van der Waals surface area (Å²) >= 11 is 0. The fourth-order valence-corrected chi connectivity index (χ4v) is 6.26. The molecule has 2 rings (SSSR count). The quantitative estimate of drug-likeness (QED) is 0.141. The van der Waals surface area contributed by atoms with Crippen molar-refractivity contribution in [2.45, 2.75) is 177 Å². The van der Waals surface area contributed by atoms with E-state index >= 15 is 0 Å². The SMILES string of the molecule is C1CCC2(CC1)CCCC2.CC(C)=CCC/C(C)=C/CC/C(C)=C/CC/C=C(\C)CC/C=C(\C)CCC=C(C)C. The molecule has 0 aromatic carbocycles. The fourth-order valence-electron chi connectivity index (χ4n) is 6.26. The number of hydrogen-bond acceptors (Lipinski definition) is 0. The lowest BCUT2D eigenvalue weighted by molar-refractivity contribution is 0.197. The Morgan fingerprint density at radius 3 is 0.975 bits per heavy atom. The number of unbranched alkanes of at least 4 members (excludes halogenated alkanes) is 1. The first-order valence-electron chi connectivity index (χ1n) is 17.0. The molecule has 0 bridgehead atoms. The van der Waals surface area contributed by atoms with E-state index < -0.39 is 0 Å². The molecule has 1 spiro atoms. The van der Waals surface area contributed by atoms with Crippen LogP contribution in [0, 0.1) is 5.41 Å². The van der Waals surface area contributed by atoms with Crippen LogP contribution in [0.1, 0.15) is 177 Å². The molecule has 2 saturated carbocycles. The van der Waals surface area contributed by atoms with E-state index in [4.69, 9.17) is 0 Å². The Bertz CT molecular complexity index is 786. The van der Waals surface area contributed by atoms with Crippen LogP contribution in [-0.4, -0.2) is 0 Å². The maximum atomic E-state index is 2.43. The second-order valence-corrected chi connectivity index (χ2v) is 13.8. The first-order valence-corrected chi connectivity index (χ1v) is 17.0. The average Bonchev–Trinajstić information content (AvgIpc) is 3.34. The molecule has 2 aliphatic rings. The van der Waals surface area contributed by atoms with E-state index in [0.717, 1.165) is 5.41 Å². The maximum Gasteiger partial charge on any atom is -0.0288 e. The fraction of sp³-hybridized carbons (Fsp3) is 0.700. The van der Waals surface area contributed by atoms with Crippen LogP contribution in [-0.2, 0) is 0 Å². The molecule has 2 aliphatic carbocycles. The van der Waals surface area contributed by atoms with E-state index in [1.54, 1.807) is 25.7 Å². The molecule has 0 N–H and O–H groups in total. The van der Waals surface area contributed by atoms with Gasteiger partial charge in [0.25, 0.3) is 0 Å². The van der Waals surface area contributed by atoms with E-state index in [9.17, 15) is 0 Å². The highest BCUT2D eigenvalue weighted by Gasteiger charge is 2.34. The normalized spacial score (nSPS) is 17.9. The highest BCUT2D eigenvalue weighted by Crippen LogP contribution is 2.48. The minimum Gasteiger partial charge on any atom is -0.0856 e. The number of allylic oxidation sites excluding steroid dienone is 12. The highest BCUT2D eigenvalue weighted by molar-refractivity contribution is 5.08. The van der Waals surface area contributed by atoms with Crippen LogP contribution in [0.5, 0.6) is 0 Å². The van der Waals surface area contributed by atoms with Gasteiger partial charge in [0.2, 0.25) is 0 Å². The van der Waals surface area contributed by atoms with Crippen molar-refractivity contribution in [1.29, 1.82) is 0 Å². The molecule has 0 atom stereocenters. The molecule has 2 fully saturated rings. The smallest absolute Gasteiger partial charge is 0.0288 e. The van der Waals surface area contributed by atoms with Gasteiger partial charge < -0.3 is 0 Å². The molecule has 228 valence electrons. The molecule has 0 aromatic rings. The predicted octanol–water partition coefficient (Wildman–Crippen LogP) is 14.1. The summed E-state index contributed by atoms with van der Waals surface area (Å²) in [4.78, 5) is 0. The van der Waals surface area contributed by atoms with Crippen LogP contribution in [0.4, 0.5) is 0 Å². The third kappa shape index (κ3) is 19.5. The molecule has 0 amide bonds. The molecule has 0 heterocycles. The topological polar surface area (TPSA) is 0 Å². The van der Waals surface area contributed by atoms with Crippen molar-refractivity contribution >= 4 is 0 Å². The van der Waals surface area contributed by atoms with Gasteiger partial charge in [0, 0.05) is 0 Å². The Kier molecular flexibility index (Phi) is 20.1.